The van der Waals surface area contributed by atoms with Crippen LogP contribution >= 0.6 is 12.6 Å². The zero-order chi connectivity index (χ0) is 13.8. The van der Waals surface area contributed by atoms with Gasteiger partial charge in [0.05, 0.1) is 13.0 Å². The second kappa shape index (κ2) is 6.24. The fourth-order valence-electron chi connectivity index (χ4n) is 2.71. The molecule has 0 heterocycles. The van der Waals surface area contributed by atoms with Gasteiger partial charge >= 0.3 is 5.97 Å². The molecular weight excluding hydrogens is 258 g/mol. The van der Waals surface area contributed by atoms with Crippen molar-refractivity contribution in [3.63, 3.8) is 0 Å². The third-order valence-electron chi connectivity index (χ3n) is 3.86. The van der Waals surface area contributed by atoms with Crippen molar-refractivity contribution in [1.29, 1.82) is 5.41 Å². The highest BCUT2D eigenvalue weighted by Crippen LogP contribution is 2.32. The zero-order valence-corrected chi connectivity index (χ0v) is 12.0. The number of hydrogen-bond donors (Lipinski definition) is 2. The Morgan fingerprint density at radius 3 is 2.37 bits per heavy atom. The number of ether oxygens (including phenoxy) is 1. The summed E-state index contributed by atoms with van der Waals surface area (Å²) in [5, 5.41) is 8.32. The molecule has 1 aromatic rings. The molecule has 19 heavy (non-hydrogen) atoms. The molecule has 1 aromatic carbocycles. The van der Waals surface area contributed by atoms with E-state index in [1.165, 1.54) is 7.11 Å². The zero-order valence-electron chi connectivity index (χ0n) is 11.1. The summed E-state index contributed by atoms with van der Waals surface area (Å²) in [5.41, 5.74) is 1.56. The minimum atomic E-state index is -0.112. The summed E-state index contributed by atoms with van der Waals surface area (Å²) in [6.45, 7) is 0. The molecule has 0 aromatic heterocycles. The summed E-state index contributed by atoms with van der Waals surface area (Å²) in [5.74, 6) is 0.133. The number of esters is 1. The quantitative estimate of drug-likeness (QED) is 0.506. The third kappa shape index (κ3) is 3.18. The van der Waals surface area contributed by atoms with Gasteiger partial charge in [0.15, 0.2) is 0 Å². The molecule has 4 heteroatoms. The van der Waals surface area contributed by atoms with Crippen LogP contribution in [0.1, 0.15) is 31.2 Å². The van der Waals surface area contributed by atoms with Crippen molar-refractivity contribution in [2.24, 2.45) is 11.8 Å². The van der Waals surface area contributed by atoms with Crippen LogP contribution in [-0.4, -0.2) is 18.8 Å². The first-order valence-corrected chi connectivity index (χ1v) is 7.03. The molecule has 0 amide bonds. The first-order valence-electron chi connectivity index (χ1n) is 6.58. The molecule has 1 aliphatic rings. The first kappa shape index (κ1) is 14.1. The molecule has 102 valence electrons. The van der Waals surface area contributed by atoms with Crippen molar-refractivity contribution in [2.75, 3.05) is 7.11 Å². The predicted octanol–water partition coefficient (Wildman–Crippen LogP) is 3.32. The molecular formula is C15H19NO2S. The Morgan fingerprint density at radius 2 is 1.79 bits per heavy atom. The van der Waals surface area contributed by atoms with Gasteiger partial charge < -0.3 is 10.1 Å². The lowest BCUT2D eigenvalue weighted by Crippen LogP contribution is -2.27. The van der Waals surface area contributed by atoms with Crippen LogP contribution in [0.15, 0.2) is 29.2 Å². The van der Waals surface area contributed by atoms with Crippen LogP contribution < -0.4 is 0 Å². The smallest absolute Gasteiger partial charge is 0.308 e. The van der Waals surface area contributed by atoms with Gasteiger partial charge in [0.2, 0.25) is 0 Å². The highest BCUT2D eigenvalue weighted by atomic mass is 32.1. The largest absolute Gasteiger partial charge is 0.469 e. The van der Waals surface area contributed by atoms with E-state index in [-0.39, 0.29) is 17.8 Å². The molecule has 3 nitrogen and oxygen atoms in total. The second-order valence-electron chi connectivity index (χ2n) is 5.00. The number of carbonyl (C=O) groups excluding carboxylic acids is 1. The van der Waals surface area contributed by atoms with E-state index in [9.17, 15) is 4.79 Å². The number of benzene rings is 1. The maximum atomic E-state index is 11.5. The van der Waals surface area contributed by atoms with E-state index in [0.717, 1.165) is 36.1 Å². The summed E-state index contributed by atoms with van der Waals surface area (Å²) in [4.78, 5) is 12.3. The number of rotatable bonds is 3. The Kier molecular flexibility index (Phi) is 4.64. The summed E-state index contributed by atoms with van der Waals surface area (Å²) in [6, 6.07) is 7.71. The lowest BCUT2D eigenvalue weighted by atomic mass is 9.78. The summed E-state index contributed by atoms with van der Waals surface area (Å²) in [7, 11) is 1.44. The molecule has 0 aliphatic heterocycles. The first-order chi connectivity index (χ1) is 9.13. The van der Waals surface area contributed by atoms with E-state index < -0.39 is 0 Å². The molecule has 1 N–H and O–H groups in total. The molecule has 0 spiro atoms. The average molecular weight is 277 g/mol. The minimum absolute atomic E-state index is 0.0142. The normalized spacial score (nSPS) is 22.8. The SMILES string of the molecule is COC(=O)[C@H]1CC[C@H](C(=N)c2ccccc2S)CC1. The number of methoxy groups -OCH3 is 1. The standard InChI is InChI=1S/C15H19NO2S/c1-18-15(17)11-8-6-10(7-9-11)14(16)12-4-2-3-5-13(12)19/h2-5,10-11,16,19H,6-9H2,1H3/t10-,11-. The van der Waals surface area contributed by atoms with Crippen molar-refractivity contribution in [3.8, 4) is 0 Å². The van der Waals surface area contributed by atoms with Gasteiger partial charge in [-0.05, 0) is 31.7 Å². The van der Waals surface area contributed by atoms with Crippen LogP contribution in [0.5, 0.6) is 0 Å². The average Bonchev–Trinajstić information content (AvgIpc) is 2.46. The van der Waals surface area contributed by atoms with E-state index in [1.54, 1.807) is 0 Å². The van der Waals surface area contributed by atoms with Crippen LogP contribution in [0.4, 0.5) is 0 Å². The molecule has 1 aliphatic carbocycles. The number of thiol groups is 1. The highest BCUT2D eigenvalue weighted by Gasteiger charge is 2.29. The van der Waals surface area contributed by atoms with E-state index in [1.807, 2.05) is 24.3 Å². The van der Waals surface area contributed by atoms with Gasteiger partial charge in [-0.3, -0.25) is 4.79 Å². The van der Waals surface area contributed by atoms with E-state index >= 15 is 0 Å². The predicted molar refractivity (Wildman–Crippen MR) is 78.0 cm³/mol. The van der Waals surface area contributed by atoms with Crippen molar-refractivity contribution in [1.82, 2.24) is 0 Å². The molecule has 2 rings (SSSR count). The Hall–Kier alpha value is -1.29. The maximum Gasteiger partial charge on any atom is 0.308 e. The summed E-state index contributed by atoms with van der Waals surface area (Å²) < 4.78 is 4.78. The van der Waals surface area contributed by atoms with Crippen molar-refractivity contribution in [3.05, 3.63) is 29.8 Å². The molecule has 0 atom stereocenters. The van der Waals surface area contributed by atoms with E-state index in [2.05, 4.69) is 12.6 Å². The Balaban J connectivity index is 2.00. The van der Waals surface area contributed by atoms with Crippen molar-refractivity contribution in [2.45, 2.75) is 30.6 Å². The van der Waals surface area contributed by atoms with Gasteiger partial charge in [0, 0.05) is 22.1 Å². The van der Waals surface area contributed by atoms with Gasteiger partial charge in [-0.15, -0.1) is 12.6 Å². The Bertz CT molecular complexity index is 479. The summed E-state index contributed by atoms with van der Waals surface area (Å²) in [6.07, 6.45) is 3.38. The third-order valence-corrected chi connectivity index (χ3v) is 4.25. The number of nitrogens with one attached hydrogen (secondary N) is 1. The van der Waals surface area contributed by atoms with Crippen LogP contribution in [0, 0.1) is 17.2 Å². The van der Waals surface area contributed by atoms with Crippen molar-refractivity contribution < 1.29 is 9.53 Å². The summed E-state index contributed by atoms with van der Waals surface area (Å²) >= 11 is 4.41. The Morgan fingerprint density at radius 1 is 1.21 bits per heavy atom. The van der Waals surface area contributed by atoms with Gasteiger partial charge in [0.25, 0.3) is 0 Å². The van der Waals surface area contributed by atoms with Crippen LogP contribution in [0.25, 0.3) is 0 Å². The van der Waals surface area contributed by atoms with E-state index in [0.29, 0.717) is 5.71 Å². The monoisotopic (exact) mass is 277 g/mol. The molecule has 1 fully saturated rings. The molecule has 0 saturated heterocycles. The van der Waals surface area contributed by atoms with Crippen LogP contribution in [-0.2, 0) is 9.53 Å². The topological polar surface area (TPSA) is 50.2 Å². The molecule has 0 bridgehead atoms. The van der Waals surface area contributed by atoms with Crippen LogP contribution in [0.3, 0.4) is 0 Å². The highest BCUT2D eigenvalue weighted by molar-refractivity contribution is 7.80. The van der Waals surface area contributed by atoms with E-state index in [4.69, 9.17) is 10.1 Å². The second-order valence-corrected chi connectivity index (χ2v) is 5.48. The van der Waals surface area contributed by atoms with Crippen molar-refractivity contribution >= 4 is 24.3 Å². The fraction of sp³-hybridized carbons (Fsp3) is 0.467. The van der Waals surface area contributed by atoms with Gasteiger partial charge in [-0.1, -0.05) is 18.2 Å². The lowest BCUT2D eigenvalue weighted by molar-refractivity contribution is -0.146. The van der Waals surface area contributed by atoms with Gasteiger partial charge in [-0.25, -0.2) is 0 Å². The van der Waals surface area contributed by atoms with Gasteiger partial charge in [-0.2, -0.15) is 0 Å². The lowest BCUT2D eigenvalue weighted by Gasteiger charge is -2.27. The maximum absolute atomic E-state index is 11.5. The molecule has 0 unspecified atom stereocenters. The molecule has 0 radical (unpaired) electrons. The number of hydrogen-bond acceptors (Lipinski definition) is 4. The van der Waals surface area contributed by atoms with Crippen LogP contribution in [0.2, 0.25) is 0 Å². The van der Waals surface area contributed by atoms with Gasteiger partial charge in [0.1, 0.15) is 0 Å². The number of carbonyl (C=O) groups is 1. The Labute approximate surface area is 119 Å². The minimum Gasteiger partial charge on any atom is -0.469 e. The fourth-order valence-corrected chi connectivity index (χ4v) is 2.99. The molecule has 1 saturated carbocycles.